The number of thiol groups is 1. The fourth-order valence-corrected chi connectivity index (χ4v) is 2.29. The molecule has 0 spiro atoms. The minimum atomic E-state index is -3.62. The fourth-order valence-electron chi connectivity index (χ4n) is 1.23. The van der Waals surface area contributed by atoms with Gasteiger partial charge in [-0.2, -0.15) is 12.6 Å². The van der Waals surface area contributed by atoms with Crippen LogP contribution in [0.3, 0.4) is 0 Å². The second kappa shape index (κ2) is 11.5. The van der Waals surface area contributed by atoms with Gasteiger partial charge in [-0.25, -0.2) is 8.42 Å². The van der Waals surface area contributed by atoms with Crippen molar-refractivity contribution in [2.45, 2.75) is 23.8 Å². The maximum Gasteiger partial charge on any atom is 1.00 e. The predicted molar refractivity (Wildman–Crippen MR) is 90.8 cm³/mol. The molecule has 1 rings (SSSR count). The summed E-state index contributed by atoms with van der Waals surface area (Å²) in [6.07, 6.45) is 1.72. The Labute approximate surface area is 169 Å². The molecule has 0 amide bonds. The van der Waals surface area contributed by atoms with E-state index in [0.29, 0.717) is 0 Å². The SMILES string of the molecule is C=CC[C@](N)(CS)C(=O)O.Cc1ccc(S(=O)(=O)[N-]Cl)cc1.[Na+]. The molecule has 3 N–H and O–H groups in total. The maximum absolute atomic E-state index is 11.0. The second-order valence-electron chi connectivity index (χ2n) is 4.47. The van der Waals surface area contributed by atoms with Crippen molar-refractivity contribution in [1.82, 2.24) is 0 Å². The Bertz CT molecular complexity index is 611. The van der Waals surface area contributed by atoms with Gasteiger partial charge in [0, 0.05) is 10.6 Å². The van der Waals surface area contributed by atoms with Gasteiger partial charge in [-0.05, 0) is 25.5 Å². The molecule has 1 aromatic carbocycles. The molecule has 6 nitrogen and oxygen atoms in total. The molecule has 0 heterocycles. The molecule has 0 radical (unpaired) electrons. The number of nitrogens with two attached hydrogens (primary N) is 1. The minimum Gasteiger partial charge on any atom is -0.480 e. The number of hydrogen-bond acceptors (Lipinski definition) is 5. The van der Waals surface area contributed by atoms with E-state index in [4.69, 9.17) is 22.6 Å². The zero-order valence-corrected chi connectivity index (χ0v) is 17.4. The van der Waals surface area contributed by atoms with Crippen LogP contribution in [0.15, 0.2) is 41.8 Å². The summed E-state index contributed by atoms with van der Waals surface area (Å²) in [6, 6.07) is 6.32. The molecule has 0 saturated carbocycles. The first-order valence-corrected chi connectivity index (χ1v) is 8.43. The van der Waals surface area contributed by atoms with Gasteiger partial charge in [-0.3, -0.25) is 16.6 Å². The van der Waals surface area contributed by atoms with Crippen LogP contribution in [0.25, 0.3) is 4.24 Å². The van der Waals surface area contributed by atoms with Gasteiger partial charge < -0.3 is 15.1 Å². The van der Waals surface area contributed by atoms with Crippen molar-refractivity contribution in [3.05, 3.63) is 46.7 Å². The second-order valence-corrected chi connectivity index (χ2v) is 6.76. The van der Waals surface area contributed by atoms with Crippen LogP contribution in [-0.2, 0) is 14.8 Å². The van der Waals surface area contributed by atoms with Crippen molar-refractivity contribution < 1.29 is 47.9 Å². The normalized spacial score (nSPS) is 12.9. The van der Waals surface area contributed by atoms with E-state index in [0.717, 1.165) is 5.56 Å². The zero-order valence-electron chi connectivity index (χ0n) is 12.9. The first-order chi connectivity index (χ1) is 10.1. The molecule has 0 aliphatic carbocycles. The average Bonchev–Trinajstić information content (AvgIpc) is 2.48. The summed E-state index contributed by atoms with van der Waals surface area (Å²) in [6.45, 7) is 5.27. The number of hydrogen-bond donors (Lipinski definition) is 3. The first kappa shape index (κ1) is 25.2. The van der Waals surface area contributed by atoms with Crippen molar-refractivity contribution in [3.8, 4) is 0 Å². The van der Waals surface area contributed by atoms with Gasteiger partial charge in [0.2, 0.25) is 0 Å². The van der Waals surface area contributed by atoms with Gasteiger partial charge in [0.1, 0.15) is 15.6 Å². The Hall–Kier alpha value is -0.0600. The summed E-state index contributed by atoms with van der Waals surface area (Å²) in [5.41, 5.74) is 5.15. The summed E-state index contributed by atoms with van der Waals surface area (Å²) >= 11 is 8.73. The maximum atomic E-state index is 11.0. The smallest absolute Gasteiger partial charge is 0.480 e. The molecule has 0 saturated heterocycles. The van der Waals surface area contributed by atoms with Crippen LogP contribution >= 0.6 is 24.4 Å². The summed E-state index contributed by atoms with van der Waals surface area (Å²) in [7, 11) is -3.62. The predicted octanol–water partition coefficient (Wildman–Crippen LogP) is -0.510. The van der Waals surface area contributed by atoms with E-state index in [1.54, 1.807) is 12.1 Å². The number of aryl methyl sites for hydroxylation is 1. The monoisotopic (exact) mass is 388 g/mol. The largest absolute Gasteiger partial charge is 1.00 e. The Balaban J connectivity index is 0. The van der Waals surface area contributed by atoms with Crippen molar-refractivity contribution >= 4 is 40.4 Å². The quantitative estimate of drug-likeness (QED) is 0.345. The van der Waals surface area contributed by atoms with Gasteiger partial charge in [-0.1, -0.05) is 23.8 Å². The van der Waals surface area contributed by atoms with Gasteiger partial charge in [0.05, 0.1) is 0 Å². The number of sulfonamides is 1. The van der Waals surface area contributed by atoms with Crippen LogP contribution < -0.4 is 35.3 Å². The number of carboxylic acid groups (broad SMARTS) is 1. The van der Waals surface area contributed by atoms with E-state index < -0.39 is 21.5 Å². The summed E-state index contributed by atoms with van der Waals surface area (Å²) in [5, 5.41) is 8.54. The zero-order chi connectivity index (χ0) is 17.4. The van der Waals surface area contributed by atoms with Crippen molar-refractivity contribution in [2.24, 2.45) is 5.73 Å². The Morgan fingerprint density at radius 1 is 1.48 bits per heavy atom. The van der Waals surface area contributed by atoms with Gasteiger partial charge in [0.15, 0.2) is 0 Å². The van der Waals surface area contributed by atoms with Crippen LogP contribution in [0.1, 0.15) is 12.0 Å². The van der Waals surface area contributed by atoms with E-state index in [1.165, 1.54) is 18.2 Å². The number of carbonyl (C=O) groups is 1. The van der Waals surface area contributed by atoms with Crippen LogP contribution in [-0.4, -0.2) is 30.8 Å². The van der Waals surface area contributed by atoms with Crippen LogP contribution in [0.5, 0.6) is 0 Å². The Morgan fingerprint density at radius 3 is 2.22 bits per heavy atom. The number of benzene rings is 1. The third-order valence-electron chi connectivity index (χ3n) is 2.63. The number of nitrogens with zero attached hydrogens (tertiary/aromatic N) is 1. The van der Waals surface area contributed by atoms with Crippen molar-refractivity contribution in [1.29, 1.82) is 0 Å². The molecular weight excluding hydrogens is 371 g/mol. The van der Waals surface area contributed by atoms with Crippen molar-refractivity contribution in [3.63, 3.8) is 0 Å². The third-order valence-corrected chi connectivity index (χ3v) is 4.79. The summed E-state index contributed by atoms with van der Waals surface area (Å²) in [4.78, 5) is 10.5. The van der Waals surface area contributed by atoms with E-state index in [2.05, 4.69) is 23.4 Å². The average molecular weight is 389 g/mol. The summed E-state index contributed by atoms with van der Waals surface area (Å²) in [5.74, 6) is -0.920. The topological polar surface area (TPSA) is 112 Å². The molecule has 23 heavy (non-hydrogen) atoms. The number of aliphatic carboxylic acids is 1. The van der Waals surface area contributed by atoms with Crippen molar-refractivity contribution in [2.75, 3.05) is 5.75 Å². The van der Waals surface area contributed by atoms with Gasteiger partial charge in [-0.15, -0.1) is 6.58 Å². The van der Waals surface area contributed by atoms with E-state index in [1.807, 2.05) is 6.92 Å². The van der Waals surface area contributed by atoms with E-state index in [9.17, 15) is 13.2 Å². The number of halogens is 1. The molecule has 1 aromatic rings. The molecule has 0 aliphatic heterocycles. The number of carboxylic acids is 1. The molecule has 124 valence electrons. The molecule has 0 aliphatic rings. The van der Waals surface area contributed by atoms with Gasteiger partial charge in [0.25, 0.3) is 0 Å². The molecule has 0 unspecified atom stereocenters. The number of rotatable bonds is 6. The fraction of sp³-hybridized carbons (Fsp3) is 0.308. The molecule has 10 heteroatoms. The molecule has 0 aromatic heterocycles. The first-order valence-electron chi connectivity index (χ1n) is 6.02. The molecule has 0 fully saturated rings. The van der Waals surface area contributed by atoms with Gasteiger partial charge >= 0.3 is 35.5 Å². The molecule has 0 bridgehead atoms. The molecular formula is C13H18ClN2NaO4S2. The van der Waals surface area contributed by atoms with Crippen LogP contribution in [0.2, 0.25) is 0 Å². The van der Waals surface area contributed by atoms with Crippen LogP contribution in [0.4, 0.5) is 0 Å². The minimum absolute atomic E-state index is 0. The van der Waals surface area contributed by atoms with E-state index >= 15 is 0 Å². The summed E-state index contributed by atoms with van der Waals surface area (Å²) < 4.78 is 24.8. The standard InChI is InChI=1S/C7H7ClNO2S.C6H11NO2S.Na/c1-6-2-4-7(5-3-6)12(10,11)9-8;1-2-3-6(7,4-10)5(8)9;/h2-5H,1H3;2,10H,1,3-4,7H2,(H,8,9);/q-1;;+1/t;6-;/m.0./s1. The molecule has 1 atom stereocenters. The van der Waals surface area contributed by atoms with Crippen LogP contribution in [0, 0.1) is 6.92 Å². The van der Waals surface area contributed by atoms with E-state index in [-0.39, 0.29) is 46.6 Å². The Kier molecular flexibility index (Phi) is 12.6. The third kappa shape index (κ3) is 8.55. The Morgan fingerprint density at radius 2 is 1.96 bits per heavy atom.